The van der Waals surface area contributed by atoms with Crippen molar-refractivity contribution in [1.29, 1.82) is 0 Å². The van der Waals surface area contributed by atoms with Gasteiger partial charge in [0.15, 0.2) is 11.5 Å². The fourth-order valence-corrected chi connectivity index (χ4v) is 3.01. The molecule has 0 saturated carbocycles. The van der Waals surface area contributed by atoms with Gasteiger partial charge in [-0.2, -0.15) is 0 Å². The lowest BCUT2D eigenvalue weighted by Gasteiger charge is -2.35. The van der Waals surface area contributed by atoms with Gasteiger partial charge in [-0.25, -0.2) is 0 Å². The number of phenols is 1. The number of phenolic OH excluding ortho intramolecular Hbond substituents is 1. The zero-order chi connectivity index (χ0) is 13.1. The van der Waals surface area contributed by atoms with Gasteiger partial charge in [0, 0.05) is 19.6 Å². The Morgan fingerprint density at radius 3 is 2.50 bits per heavy atom. The zero-order valence-corrected chi connectivity index (χ0v) is 11.5. The fraction of sp³-hybridized carbons (Fsp3) is 0.600. The summed E-state index contributed by atoms with van der Waals surface area (Å²) in [5, 5.41) is 9.78. The largest absolute Gasteiger partial charge is 0.504 e. The van der Waals surface area contributed by atoms with Gasteiger partial charge in [-0.15, -0.1) is 0 Å². The van der Waals surface area contributed by atoms with E-state index in [9.17, 15) is 5.11 Å². The number of nitrogens with zero attached hydrogens (tertiary/aromatic N) is 1. The maximum Gasteiger partial charge on any atom is 0.160 e. The van der Waals surface area contributed by atoms with Crippen LogP contribution < -0.4 is 4.74 Å². The zero-order valence-electron chi connectivity index (χ0n) is 11.5. The predicted molar refractivity (Wildman–Crippen MR) is 72.9 cm³/mol. The summed E-state index contributed by atoms with van der Waals surface area (Å²) >= 11 is 0. The molecule has 1 saturated heterocycles. The number of rotatable bonds is 3. The normalized spacial score (nSPS) is 25.1. The van der Waals surface area contributed by atoms with E-state index in [1.165, 1.54) is 6.42 Å². The second-order valence-corrected chi connectivity index (χ2v) is 5.65. The highest BCUT2D eigenvalue weighted by Crippen LogP contribution is 2.28. The van der Waals surface area contributed by atoms with Gasteiger partial charge in [0.05, 0.1) is 7.11 Å². The summed E-state index contributed by atoms with van der Waals surface area (Å²) in [7, 11) is 1.57. The van der Waals surface area contributed by atoms with E-state index in [4.69, 9.17) is 4.74 Å². The summed E-state index contributed by atoms with van der Waals surface area (Å²) in [5.74, 6) is 2.30. The molecule has 1 N–H and O–H groups in total. The number of hydrogen-bond donors (Lipinski definition) is 1. The van der Waals surface area contributed by atoms with E-state index in [0.29, 0.717) is 5.75 Å². The lowest BCUT2D eigenvalue weighted by atomic mass is 9.91. The first-order chi connectivity index (χ1) is 8.58. The fourth-order valence-electron chi connectivity index (χ4n) is 3.01. The minimum Gasteiger partial charge on any atom is -0.504 e. The van der Waals surface area contributed by atoms with Gasteiger partial charge in [0.1, 0.15) is 0 Å². The van der Waals surface area contributed by atoms with Gasteiger partial charge >= 0.3 is 0 Å². The van der Waals surface area contributed by atoms with E-state index in [1.54, 1.807) is 7.11 Å². The third-order valence-corrected chi connectivity index (χ3v) is 3.59. The first kappa shape index (κ1) is 13.2. The summed E-state index contributed by atoms with van der Waals surface area (Å²) in [6.45, 7) is 7.84. The molecule has 1 heterocycles. The first-order valence-corrected chi connectivity index (χ1v) is 6.66. The Kier molecular flexibility index (Phi) is 4.12. The molecule has 0 spiro atoms. The Hall–Kier alpha value is -1.22. The van der Waals surface area contributed by atoms with Crippen LogP contribution in [0.2, 0.25) is 0 Å². The van der Waals surface area contributed by atoms with Gasteiger partial charge in [-0.05, 0) is 36.0 Å². The minimum atomic E-state index is 0.230. The van der Waals surface area contributed by atoms with Gasteiger partial charge < -0.3 is 9.84 Å². The number of methoxy groups -OCH3 is 1. The van der Waals surface area contributed by atoms with Gasteiger partial charge in [-0.3, -0.25) is 4.90 Å². The SMILES string of the molecule is COc1ccc(CN2CC(C)CC(C)C2)cc1O. The van der Waals surface area contributed by atoms with Crippen LogP contribution >= 0.6 is 0 Å². The molecule has 1 aliphatic rings. The summed E-state index contributed by atoms with van der Waals surface area (Å²) in [6, 6.07) is 5.67. The number of hydrogen-bond acceptors (Lipinski definition) is 3. The van der Waals surface area contributed by atoms with Gasteiger partial charge in [0.25, 0.3) is 0 Å². The van der Waals surface area contributed by atoms with Crippen molar-refractivity contribution >= 4 is 0 Å². The van der Waals surface area contributed by atoms with Crippen LogP contribution in [0.3, 0.4) is 0 Å². The summed E-state index contributed by atoms with van der Waals surface area (Å²) in [6.07, 6.45) is 1.32. The molecular weight excluding hydrogens is 226 g/mol. The number of aromatic hydroxyl groups is 1. The average Bonchev–Trinajstić information content (AvgIpc) is 2.27. The van der Waals surface area contributed by atoms with Crippen LogP contribution in [-0.2, 0) is 6.54 Å². The van der Waals surface area contributed by atoms with Crippen molar-refractivity contribution in [3.63, 3.8) is 0 Å². The van der Waals surface area contributed by atoms with Crippen molar-refractivity contribution in [2.24, 2.45) is 11.8 Å². The third-order valence-electron chi connectivity index (χ3n) is 3.59. The van der Waals surface area contributed by atoms with Crippen molar-refractivity contribution in [1.82, 2.24) is 4.90 Å². The smallest absolute Gasteiger partial charge is 0.160 e. The van der Waals surface area contributed by atoms with E-state index < -0.39 is 0 Å². The van der Waals surface area contributed by atoms with E-state index >= 15 is 0 Å². The van der Waals surface area contributed by atoms with E-state index in [0.717, 1.165) is 37.0 Å². The molecule has 0 aliphatic carbocycles. The maximum absolute atomic E-state index is 9.78. The van der Waals surface area contributed by atoms with E-state index in [-0.39, 0.29) is 5.75 Å². The predicted octanol–water partition coefficient (Wildman–Crippen LogP) is 2.88. The maximum atomic E-state index is 9.78. The lowest BCUT2D eigenvalue weighted by molar-refractivity contribution is 0.134. The van der Waals surface area contributed by atoms with Crippen LogP contribution in [0.25, 0.3) is 0 Å². The molecule has 2 unspecified atom stereocenters. The average molecular weight is 249 g/mol. The van der Waals surface area contributed by atoms with Crippen molar-refractivity contribution in [3.8, 4) is 11.5 Å². The van der Waals surface area contributed by atoms with E-state index in [1.807, 2.05) is 18.2 Å². The Labute approximate surface area is 109 Å². The molecule has 2 rings (SSSR count). The highest BCUT2D eigenvalue weighted by Gasteiger charge is 2.21. The standard InChI is InChI=1S/C15H23NO2/c1-11-6-12(2)9-16(8-11)10-13-4-5-15(18-3)14(17)7-13/h4-5,7,11-12,17H,6,8-10H2,1-3H3. The van der Waals surface area contributed by atoms with E-state index in [2.05, 4.69) is 18.7 Å². The molecular formula is C15H23NO2. The summed E-state index contributed by atoms with van der Waals surface area (Å²) < 4.78 is 5.06. The minimum absolute atomic E-state index is 0.230. The molecule has 1 aromatic carbocycles. The van der Waals surface area contributed by atoms with Gasteiger partial charge in [-0.1, -0.05) is 19.9 Å². The molecule has 18 heavy (non-hydrogen) atoms. The number of benzene rings is 1. The first-order valence-electron chi connectivity index (χ1n) is 6.66. The number of ether oxygens (including phenoxy) is 1. The van der Waals surface area contributed by atoms with Crippen LogP contribution in [0, 0.1) is 11.8 Å². The Morgan fingerprint density at radius 2 is 1.94 bits per heavy atom. The molecule has 0 aromatic heterocycles. The van der Waals surface area contributed by atoms with Crippen molar-refractivity contribution in [3.05, 3.63) is 23.8 Å². The van der Waals surface area contributed by atoms with Crippen LogP contribution in [0.4, 0.5) is 0 Å². The molecule has 3 heteroatoms. The molecule has 2 atom stereocenters. The quantitative estimate of drug-likeness (QED) is 0.894. The van der Waals surface area contributed by atoms with Gasteiger partial charge in [0.2, 0.25) is 0 Å². The highest BCUT2D eigenvalue weighted by atomic mass is 16.5. The van der Waals surface area contributed by atoms with Crippen molar-refractivity contribution < 1.29 is 9.84 Å². The third kappa shape index (κ3) is 3.16. The summed E-state index contributed by atoms with van der Waals surface area (Å²) in [5.41, 5.74) is 1.15. The molecule has 0 bridgehead atoms. The highest BCUT2D eigenvalue weighted by molar-refractivity contribution is 5.41. The molecule has 100 valence electrons. The summed E-state index contributed by atoms with van der Waals surface area (Å²) in [4.78, 5) is 2.47. The molecule has 1 fully saturated rings. The second-order valence-electron chi connectivity index (χ2n) is 5.65. The Balaban J connectivity index is 2.02. The van der Waals surface area contributed by atoms with Crippen LogP contribution in [0.1, 0.15) is 25.8 Å². The van der Waals surface area contributed by atoms with Crippen molar-refractivity contribution in [2.75, 3.05) is 20.2 Å². The van der Waals surface area contributed by atoms with Crippen molar-refractivity contribution in [2.45, 2.75) is 26.8 Å². The number of piperidine rings is 1. The van der Waals surface area contributed by atoms with Crippen LogP contribution in [0.15, 0.2) is 18.2 Å². The number of likely N-dealkylation sites (tertiary alicyclic amines) is 1. The second kappa shape index (κ2) is 5.61. The molecule has 1 aromatic rings. The van der Waals surface area contributed by atoms with Crippen LogP contribution in [0.5, 0.6) is 11.5 Å². The molecule has 3 nitrogen and oxygen atoms in total. The molecule has 0 amide bonds. The Bertz CT molecular complexity index is 395. The van der Waals surface area contributed by atoms with Crippen LogP contribution in [-0.4, -0.2) is 30.2 Å². The Morgan fingerprint density at radius 1 is 1.28 bits per heavy atom. The monoisotopic (exact) mass is 249 g/mol. The molecule has 0 radical (unpaired) electrons. The topological polar surface area (TPSA) is 32.7 Å². The lowest BCUT2D eigenvalue weighted by Crippen LogP contribution is -2.38. The molecule has 1 aliphatic heterocycles.